The van der Waals surface area contributed by atoms with Crippen molar-refractivity contribution in [2.75, 3.05) is 0 Å². The van der Waals surface area contributed by atoms with E-state index in [2.05, 4.69) is 10.4 Å². The summed E-state index contributed by atoms with van der Waals surface area (Å²) in [4.78, 5) is 27.8. The zero-order chi connectivity index (χ0) is 14.8. The normalized spacial score (nSPS) is 10.7. The molecule has 0 aliphatic heterocycles. The van der Waals surface area contributed by atoms with E-state index >= 15 is 0 Å². The summed E-state index contributed by atoms with van der Waals surface area (Å²) < 4.78 is 6.49. The van der Waals surface area contributed by atoms with Crippen LogP contribution in [0.25, 0.3) is 11.2 Å². The molecule has 0 aliphatic rings. The molecular formula is C14H12N4O3. The van der Waals surface area contributed by atoms with Crippen molar-refractivity contribution in [3.8, 4) is 0 Å². The van der Waals surface area contributed by atoms with Crippen LogP contribution >= 0.6 is 0 Å². The topological polar surface area (TPSA) is 103 Å². The highest BCUT2D eigenvalue weighted by Gasteiger charge is 2.14. The maximum Gasteiger partial charge on any atom is 0.421 e. The predicted molar refractivity (Wildman–Crippen MR) is 75.5 cm³/mol. The molecule has 2 aromatic heterocycles. The van der Waals surface area contributed by atoms with Crippen LogP contribution in [0.1, 0.15) is 15.9 Å². The van der Waals surface area contributed by atoms with Crippen molar-refractivity contribution in [2.24, 2.45) is 5.84 Å². The predicted octanol–water partition coefficient (Wildman–Crippen LogP) is 0.641. The number of amides is 1. The number of aromatic nitrogens is 2. The Morgan fingerprint density at radius 2 is 2.10 bits per heavy atom. The number of hydrogen-bond donors (Lipinski definition) is 2. The number of rotatable bonds is 3. The highest BCUT2D eigenvalue weighted by atomic mass is 16.4. The fourth-order valence-electron chi connectivity index (χ4n) is 2.17. The van der Waals surface area contributed by atoms with Gasteiger partial charge in [0.25, 0.3) is 5.91 Å². The fourth-order valence-corrected chi connectivity index (χ4v) is 2.17. The van der Waals surface area contributed by atoms with Crippen LogP contribution in [0.4, 0.5) is 0 Å². The number of nitrogens with zero attached hydrogens (tertiary/aromatic N) is 2. The molecule has 0 saturated heterocycles. The van der Waals surface area contributed by atoms with Crippen LogP contribution in [-0.4, -0.2) is 15.5 Å². The Morgan fingerprint density at radius 1 is 1.29 bits per heavy atom. The van der Waals surface area contributed by atoms with E-state index in [-0.39, 0.29) is 6.54 Å². The molecule has 7 heteroatoms. The van der Waals surface area contributed by atoms with Crippen LogP contribution in [0.3, 0.4) is 0 Å². The van der Waals surface area contributed by atoms with E-state index in [4.69, 9.17) is 10.3 Å². The molecule has 0 bridgehead atoms. The molecule has 0 aliphatic carbocycles. The standard InChI is InChI=1S/C14H12N4O3/c15-17-13(19)10-5-2-1-4-9(10)8-18-12-11(21-14(18)20)6-3-7-16-12/h1-7H,8,15H2,(H,17,19). The van der Waals surface area contributed by atoms with Crippen LogP contribution in [0.2, 0.25) is 0 Å². The second kappa shape index (κ2) is 5.22. The summed E-state index contributed by atoms with van der Waals surface area (Å²) in [6.45, 7) is 0.173. The highest BCUT2D eigenvalue weighted by Crippen LogP contribution is 2.14. The van der Waals surface area contributed by atoms with E-state index in [1.165, 1.54) is 4.57 Å². The maximum atomic E-state index is 11.9. The molecule has 0 fully saturated rings. The first-order valence-electron chi connectivity index (χ1n) is 6.24. The number of oxazole rings is 1. The number of nitrogens with one attached hydrogen (secondary N) is 1. The summed E-state index contributed by atoms with van der Waals surface area (Å²) in [5.74, 6) is 4.23. The summed E-state index contributed by atoms with van der Waals surface area (Å²) in [5.41, 5.74) is 3.98. The number of benzene rings is 1. The van der Waals surface area contributed by atoms with Crippen molar-refractivity contribution in [1.82, 2.24) is 15.0 Å². The third kappa shape index (κ3) is 2.30. The summed E-state index contributed by atoms with van der Waals surface area (Å²) >= 11 is 0. The van der Waals surface area contributed by atoms with Gasteiger partial charge in [-0.15, -0.1) is 0 Å². The van der Waals surface area contributed by atoms with Crippen molar-refractivity contribution >= 4 is 17.1 Å². The van der Waals surface area contributed by atoms with Gasteiger partial charge in [0.2, 0.25) is 0 Å². The lowest BCUT2D eigenvalue weighted by Crippen LogP contribution is -2.31. The quantitative estimate of drug-likeness (QED) is 0.417. The molecule has 1 aromatic carbocycles. The van der Waals surface area contributed by atoms with Gasteiger partial charge in [0.05, 0.1) is 6.54 Å². The van der Waals surface area contributed by atoms with E-state index in [1.807, 2.05) is 0 Å². The summed E-state index contributed by atoms with van der Waals surface area (Å²) in [6.07, 6.45) is 1.58. The lowest BCUT2D eigenvalue weighted by Gasteiger charge is -2.08. The molecule has 0 saturated carbocycles. The molecule has 7 nitrogen and oxygen atoms in total. The average molecular weight is 284 g/mol. The number of hydrazine groups is 1. The lowest BCUT2D eigenvalue weighted by atomic mass is 10.1. The number of fused-ring (bicyclic) bond motifs is 1. The molecule has 1 amide bonds. The molecule has 0 unspecified atom stereocenters. The first kappa shape index (κ1) is 13.1. The van der Waals surface area contributed by atoms with Gasteiger partial charge in [-0.3, -0.25) is 14.8 Å². The van der Waals surface area contributed by atoms with E-state index in [0.717, 1.165) is 0 Å². The number of nitrogens with two attached hydrogens (primary N) is 1. The van der Waals surface area contributed by atoms with Crippen LogP contribution < -0.4 is 17.0 Å². The minimum Gasteiger partial charge on any atom is -0.406 e. The van der Waals surface area contributed by atoms with E-state index in [9.17, 15) is 9.59 Å². The van der Waals surface area contributed by atoms with Gasteiger partial charge in [-0.1, -0.05) is 18.2 Å². The molecule has 106 valence electrons. The summed E-state index contributed by atoms with van der Waals surface area (Å²) in [5, 5.41) is 0. The lowest BCUT2D eigenvalue weighted by molar-refractivity contribution is 0.0952. The van der Waals surface area contributed by atoms with Gasteiger partial charge in [0, 0.05) is 11.8 Å². The zero-order valence-electron chi connectivity index (χ0n) is 10.9. The number of nitrogen functional groups attached to an aromatic ring is 1. The number of carbonyl (C=O) groups excluding carboxylic acids is 1. The van der Waals surface area contributed by atoms with Crippen LogP contribution in [-0.2, 0) is 6.54 Å². The van der Waals surface area contributed by atoms with Gasteiger partial charge in [0.1, 0.15) is 0 Å². The monoisotopic (exact) mass is 284 g/mol. The van der Waals surface area contributed by atoms with E-state index in [0.29, 0.717) is 22.4 Å². The van der Waals surface area contributed by atoms with Crippen LogP contribution in [0.15, 0.2) is 51.8 Å². The molecule has 21 heavy (non-hydrogen) atoms. The maximum absolute atomic E-state index is 11.9. The number of pyridine rings is 1. The highest BCUT2D eigenvalue weighted by molar-refractivity contribution is 5.95. The van der Waals surface area contributed by atoms with Gasteiger partial charge >= 0.3 is 5.76 Å². The van der Waals surface area contributed by atoms with Gasteiger partial charge in [-0.2, -0.15) is 0 Å². The van der Waals surface area contributed by atoms with Crippen molar-refractivity contribution < 1.29 is 9.21 Å². The van der Waals surface area contributed by atoms with Crippen molar-refractivity contribution in [2.45, 2.75) is 6.54 Å². The van der Waals surface area contributed by atoms with Crippen molar-refractivity contribution in [1.29, 1.82) is 0 Å². The minimum absolute atomic E-state index is 0.173. The summed E-state index contributed by atoms with van der Waals surface area (Å²) in [7, 11) is 0. The molecule has 2 heterocycles. The molecule has 3 rings (SSSR count). The van der Waals surface area contributed by atoms with Gasteiger partial charge in [-0.25, -0.2) is 15.6 Å². The van der Waals surface area contributed by atoms with E-state index in [1.54, 1.807) is 42.6 Å². The third-order valence-corrected chi connectivity index (χ3v) is 3.15. The molecule has 3 N–H and O–H groups in total. The largest absolute Gasteiger partial charge is 0.421 e. The fraction of sp³-hybridized carbons (Fsp3) is 0.0714. The van der Waals surface area contributed by atoms with Gasteiger partial charge < -0.3 is 4.42 Å². The van der Waals surface area contributed by atoms with Crippen LogP contribution in [0.5, 0.6) is 0 Å². The Morgan fingerprint density at radius 3 is 2.90 bits per heavy atom. The third-order valence-electron chi connectivity index (χ3n) is 3.15. The Bertz CT molecular complexity index is 866. The number of carbonyl (C=O) groups is 1. The molecular weight excluding hydrogens is 272 g/mol. The smallest absolute Gasteiger partial charge is 0.406 e. The first-order chi connectivity index (χ1) is 10.2. The average Bonchev–Trinajstić information content (AvgIpc) is 2.83. The summed E-state index contributed by atoms with van der Waals surface area (Å²) in [6, 6.07) is 10.2. The Balaban J connectivity index is 2.09. The van der Waals surface area contributed by atoms with Gasteiger partial charge in [-0.05, 0) is 23.8 Å². The second-order valence-electron chi connectivity index (χ2n) is 4.41. The van der Waals surface area contributed by atoms with E-state index < -0.39 is 11.7 Å². The molecule has 0 spiro atoms. The van der Waals surface area contributed by atoms with Crippen LogP contribution in [0, 0.1) is 0 Å². The van der Waals surface area contributed by atoms with Crippen molar-refractivity contribution in [3.05, 3.63) is 64.3 Å². The Kier molecular flexibility index (Phi) is 3.25. The SMILES string of the molecule is NNC(=O)c1ccccc1Cn1c(=O)oc2cccnc21. The van der Waals surface area contributed by atoms with Crippen molar-refractivity contribution in [3.63, 3.8) is 0 Å². The minimum atomic E-state index is -0.522. The zero-order valence-corrected chi connectivity index (χ0v) is 10.9. The Labute approximate surface area is 119 Å². The second-order valence-corrected chi connectivity index (χ2v) is 4.41. The number of hydrogen-bond acceptors (Lipinski definition) is 5. The van der Waals surface area contributed by atoms with Gasteiger partial charge in [0.15, 0.2) is 11.2 Å². The first-order valence-corrected chi connectivity index (χ1v) is 6.24. The molecule has 3 aromatic rings. The molecule has 0 radical (unpaired) electrons. The molecule has 0 atom stereocenters. The Hall–Kier alpha value is -2.93.